The Kier molecular flexibility index (Phi) is 4.27. The Balaban J connectivity index is 2.30. The van der Waals surface area contributed by atoms with Crippen LogP contribution in [0, 0.1) is 0 Å². The van der Waals surface area contributed by atoms with Crippen LogP contribution in [0.4, 0.5) is 0 Å². The summed E-state index contributed by atoms with van der Waals surface area (Å²) in [6.07, 6.45) is 1.81. The minimum atomic E-state index is -3.42. The number of hydrogen-bond acceptors (Lipinski definition) is 3. The van der Waals surface area contributed by atoms with Crippen molar-refractivity contribution in [2.75, 3.05) is 20.1 Å². The molecule has 1 aromatic rings. The maximum Gasteiger partial charge on any atom is 0.243 e. The van der Waals surface area contributed by atoms with E-state index >= 15 is 0 Å². The smallest absolute Gasteiger partial charge is 0.243 e. The van der Waals surface area contributed by atoms with Crippen molar-refractivity contribution in [2.45, 2.75) is 23.8 Å². The lowest BCUT2D eigenvalue weighted by Crippen LogP contribution is -2.40. The fourth-order valence-electron chi connectivity index (χ4n) is 2.33. The Morgan fingerprint density at radius 1 is 1.50 bits per heavy atom. The van der Waals surface area contributed by atoms with E-state index in [1.165, 1.54) is 6.07 Å². The van der Waals surface area contributed by atoms with Gasteiger partial charge in [-0.05, 0) is 38.1 Å². The van der Waals surface area contributed by atoms with Crippen molar-refractivity contribution in [1.82, 2.24) is 9.62 Å². The van der Waals surface area contributed by atoms with Gasteiger partial charge >= 0.3 is 0 Å². The molecule has 0 bridgehead atoms. The van der Waals surface area contributed by atoms with Gasteiger partial charge in [0, 0.05) is 24.2 Å². The first-order valence-corrected chi connectivity index (χ1v) is 7.79. The topological polar surface area (TPSA) is 49.4 Å². The Bertz CT molecular complexity index is 519. The second kappa shape index (κ2) is 5.57. The van der Waals surface area contributed by atoms with Crippen LogP contribution in [0.2, 0.25) is 5.02 Å². The standard InChI is InChI=1S/C12H17ClN2O2S/c1-14-9-11-5-3-7-15(11)18(16,17)12-6-2-4-10(13)8-12/h2,4,6,8,11,14H,3,5,7,9H2,1H3. The first kappa shape index (κ1) is 13.8. The fourth-order valence-corrected chi connectivity index (χ4v) is 4.32. The molecule has 0 amide bonds. The molecular weight excluding hydrogens is 272 g/mol. The minimum absolute atomic E-state index is 0.0407. The summed E-state index contributed by atoms with van der Waals surface area (Å²) >= 11 is 5.86. The molecular formula is C12H17ClN2O2S. The minimum Gasteiger partial charge on any atom is -0.318 e. The van der Waals surface area contributed by atoms with E-state index in [4.69, 9.17) is 11.6 Å². The third-order valence-electron chi connectivity index (χ3n) is 3.17. The van der Waals surface area contributed by atoms with Crippen LogP contribution >= 0.6 is 11.6 Å². The van der Waals surface area contributed by atoms with Crippen molar-refractivity contribution in [2.24, 2.45) is 0 Å². The van der Waals surface area contributed by atoms with Gasteiger partial charge in [0.2, 0.25) is 10.0 Å². The van der Waals surface area contributed by atoms with E-state index in [9.17, 15) is 8.42 Å². The van der Waals surface area contributed by atoms with Gasteiger partial charge in [0.25, 0.3) is 0 Å². The molecule has 6 heteroatoms. The van der Waals surface area contributed by atoms with Crippen LogP contribution in [-0.2, 0) is 10.0 Å². The van der Waals surface area contributed by atoms with E-state index < -0.39 is 10.0 Å². The summed E-state index contributed by atoms with van der Waals surface area (Å²) in [5.74, 6) is 0. The summed E-state index contributed by atoms with van der Waals surface area (Å²) in [4.78, 5) is 0.276. The maximum atomic E-state index is 12.5. The van der Waals surface area contributed by atoms with Gasteiger partial charge in [-0.3, -0.25) is 0 Å². The zero-order valence-corrected chi connectivity index (χ0v) is 11.8. The van der Waals surface area contributed by atoms with Gasteiger partial charge in [-0.15, -0.1) is 0 Å². The Hall–Kier alpha value is -0.620. The molecule has 2 rings (SSSR count). The van der Waals surface area contributed by atoms with Gasteiger partial charge in [-0.1, -0.05) is 17.7 Å². The molecule has 1 fully saturated rings. The number of sulfonamides is 1. The monoisotopic (exact) mass is 288 g/mol. The first-order chi connectivity index (χ1) is 8.55. The quantitative estimate of drug-likeness (QED) is 0.918. The van der Waals surface area contributed by atoms with Crippen molar-refractivity contribution < 1.29 is 8.42 Å². The number of likely N-dealkylation sites (N-methyl/N-ethyl adjacent to an activating group) is 1. The molecule has 1 aliphatic rings. The van der Waals surface area contributed by atoms with Crippen molar-refractivity contribution >= 4 is 21.6 Å². The molecule has 1 saturated heterocycles. The van der Waals surface area contributed by atoms with Crippen LogP contribution in [-0.4, -0.2) is 38.9 Å². The Labute approximate surface area is 113 Å². The van der Waals surface area contributed by atoms with E-state index in [1.807, 2.05) is 7.05 Å². The highest BCUT2D eigenvalue weighted by Gasteiger charge is 2.34. The van der Waals surface area contributed by atoms with Gasteiger partial charge < -0.3 is 5.32 Å². The van der Waals surface area contributed by atoms with E-state index in [2.05, 4.69) is 5.32 Å². The average molecular weight is 289 g/mol. The lowest BCUT2D eigenvalue weighted by Gasteiger charge is -2.23. The molecule has 100 valence electrons. The van der Waals surface area contributed by atoms with Gasteiger partial charge in [0.05, 0.1) is 4.90 Å². The van der Waals surface area contributed by atoms with Crippen LogP contribution in [0.15, 0.2) is 29.2 Å². The van der Waals surface area contributed by atoms with Crippen LogP contribution in [0.3, 0.4) is 0 Å². The van der Waals surface area contributed by atoms with Gasteiger partial charge in [0.15, 0.2) is 0 Å². The van der Waals surface area contributed by atoms with E-state index in [1.54, 1.807) is 22.5 Å². The van der Waals surface area contributed by atoms with E-state index in [-0.39, 0.29) is 10.9 Å². The molecule has 1 atom stereocenters. The molecule has 1 N–H and O–H groups in total. The number of hydrogen-bond donors (Lipinski definition) is 1. The maximum absolute atomic E-state index is 12.5. The average Bonchev–Trinajstić information content (AvgIpc) is 2.78. The van der Waals surface area contributed by atoms with Crippen LogP contribution in [0.1, 0.15) is 12.8 Å². The Morgan fingerprint density at radius 3 is 2.94 bits per heavy atom. The van der Waals surface area contributed by atoms with Crippen molar-refractivity contribution in [3.63, 3.8) is 0 Å². The molecule has 1 unspecified atom stereocenters. The number of nitrogens with one attached hydrogen (secondary N) is 1. The largest absolute Gasteiger partial charge is 0.318 e. The molecule has 0 aliphatic carbocycles. The highest BCUT2D eigenvalue weighted by Crippen LogP contribution is 2.26. The van der Waals surface area contributed by atoms with Crippen LogP contribution in [0.5, 0.6) is 0 Å². The normalized spacial score (nSPS) is 21.3. The summed E-state index contributed by atoms with van der Waals surface area (Å²) in [5, 5.41) is 3.49. The number of benzene rings is 1. The summed E-state index contributed by atoms with van der Waals surface area (Å²) < 4.78 is 26.6. The SMILES string of the molecule is CNCC1CCCN1S(=O)(=O)c1cccc(Cl)c1. The molecule has 0 saturated carbocycles. The molecule has 18 heavy (non-hydrogen) atoms. The number of nitrogens with zero attached hydrogens (tertiary/aromatic N) is 1. The molecule has 4 nitrogen and oxygen atoms in total. The molecule has 1 aliphatic heterocycles. The molecule has 0 radical (unpaired) electrons. The number of halogens is 1. The van der Waals surface area contributed by atoms with Crippen molar-refractivity contribution in [3.8, 4) is 0 Å². The van der Waals surface area contributed by atoms with Gasteiger partial charge in [0.1, 0.15) is 0 Å². The van der Waals surface area contributed by atoms with Crippen LogP contribution < -0.4 is 5.32 Å². The molecule has 0 spiro atoms. The third-order valence-corrected chi connectivity index (χ3v) is 5.35. The summed E-state index contributed by atoms with van der Waals surface area (Å²) in [7, 11) is -1.59. The zero-order valence-electron chi connectivity index (χ0n) is 10.3. The summed E-state index contributed by atoms with van der Waals surface area (Å²) in [6.45, 7) is 1.26. The third kappa shape index (κ3) is 2.69. The summed E-state index contributed by atoms with van der Waals surface area (Å²) in [5.41, 5.74) is 0. The molecule has 0 aromatic heterocycles. The Morgan fingerprint density at radius 2 is 2.28 bits per heavy atom. The van der Waals surface area contributed by atoms with E-state index in [0.29, 0.717) is 18.1 Å². The molecule has 1 aromatic carbocycles. The summed E-state index contributed by atoms with van der Waals surface area (Å²) in [6, 6.07) is 6.48. The predicted molar refractivity (Wildman–Crippen MR) is 72.3 cm³/mol. The van der Waals surface area contributed by atoms with Crippen LogP contribution in [0.25, 0.3) is 0 Å². The van der Waals surface area contributed by atoms with Crippen molar-refractivity contribution in [1.29, 1.82) is 0 Å². The second-order valence-corrected chi connectivity index (χ2v) is 6.75. The van der Waals surface area contributed by atoms with Crippen molar-refractivity contribution in [3.05, 3.63) is 29.3 Å². The fraction of sp³-hybridized carbons (Fsp3) is 0.500. The lowest BCUT2D eigenvalue weighted by atomic mass is 10.2. The highest BCUT2D eigenvalue weighted by atomic mass is 35.5. The number of rotatable bonds is 4. The lowest BCUT2D eigenvalue weighted by molar-refractivity contribution is 0.379. The predicted octanol–water partition coefficient (Wildman–Crippen LogP) is 1.71. The highest BCUT2D eigenvalue weighted by molar-refractivity contribution is 7.89. The molecule has 1 heterocycles. The van der Waals surface area contributed by atoms with Gasteiger partial charge in [-0.25, -0.2) is 8.42 Å². The second-order valence-electron chi connectivity index (χ2n) is 4.43. The first-order valence-electron chi connectivity index (χ1n) is 5.97. The zero-order chi connectivity index (χ0) is 13.2. The van der Waals surface area contributed by atoms with Gasteiger partial charge in [-0.2, -0.15) is 4.31 Å². The van der Waals surface area contributed by atoms with E-state index in [0.717, 1.165) is 12.8 Å².